The molecule has 12 nitrogen and oxygen atoms in total. The number of carbonyl (C=O) groups is 2. The molecule has 0 bridgehead atoms. The van der Waals surface area contributed by atoms with Crippen LogP contribution in [-0.4, -0.2) is 42.2 Å². The summed E-state index contributed by atoms with van der Waals surface area (Å²) in [6.45, 7) is 0. The average molecular weight is 543 g/mol. The van der Waals surface area contributed by atoms with Crippen LogP contribution in [-0.2, 0) is 9.59 Å². The van der Waals surface area contributed by atoms with Crippen molar-refractivity contribution in [3.8, 4) is 17.1 Å². The number of hydrogen-bond donors (Lipinski definition) is 3. The molecular weight excluding hydrogens is 524 g/mol. The van der Waals surface area contributed by atoms with Crippen molar-refractivity contribution in [3.63, 3.8) is 0 Å². The molecule has 0 radical (unpaired) electrons. The van der Waals surface area contributed by atoms with Crippen LogP contribution in [0.15, 0.2) is 94.4 Å². The number of nitrogens with one attached hydrogen (secondary N) is 3. The highest BCUT2D eigenvalue weighted by atomic mass is 35.5. The highest BCUT2D eigenvalue weighted by Gasteiger charge is 2.22. The van der Waals surface area contributed by atoms with Crippen LogP contribution in [0.3, 0.4) is 0 Å². The third kappa shape index (κ3) is 6.14. The fraction of sp³-hybridized carbons (Fsp3) is 0.0385. The minimum atomic E-state index is -0.995. The van der Waals surface area contributed by atoms with Crippen molar-refractivity contribution in [2.75, 3.05) is 5.32 Å². The second-order valence-corrected chi connectivity index (χ2v) is 8.56. The maximum Gasteiger partial charge on any atom is 0.434 e. The quantitative estimate of drug-likeness (QED) is 0.252. The topological polar surface area (TPSA) is 161 Å². The predicted molar refractivity (Wildman–Crippen MR) is 142 cm³/mol. The largest absolute Gasteiger partial charge is 0.434 e. The molecule has 13 heteroatoms. The Morgan fingerprint density at radius 2 is 1.85 bits per heavy atom. The Balaban J connectivity index is 1.33. The Bertz CT molecular complexity index is 1680. The van der Waals surface area contributed by atoms with Crippen LogP contribution in [0.1, 0.15) is 17.2 Å². The van der Waals surface area contributed by atoms with Gasteiger partial charge in [-0.25, -0.2) is 9.89 Å². The zero-order valence-corrected chi connectivity index (χ0v) is 20.7. The molecule has 3 aromatic carbocycles. The lowest BCUT2D eigenvalue weighted by Crippen LogP contribution is -2.36. The second-order valence-electron chi connectivity index (χ2n) is 8.13. The van der Waals surface area contributed by atoms with Crippen LogP contribution in [0.2, 0.25) is 5.02 Å². The summed E-state index contributed by atoms with van der Waals surface area (Å²) in [6.07, 6.45) is 4.28. The van der Waals surface area contributed by atoms with Gasteiger partial charge in [0.05, 0.1) is 5.69 Å². The number of aromatic amines is 1. The maximum atomic E-state index is 13.3. The number of tetrazole rings is 1. The summed E-state index contributed by atoms with van der Waals surface area (Å²) in [4.78, 5) is 37.4. The molecule has 194 valence electrons. The molecule has 5 aromatic rings. The highest BCUT2D eigenvalue weighted by Crippen LogP contribution is 2.22. The highest BCUT2D eigenvalue weighted by molar-refractivity contribution is 6.30. The molecule has 0 saturated carbocycles. The predicted octanol–water partition coefficient (Wildman–Crippen LogP) is 3.17. The van der Waals surface area contributed by atoms with E-state index in [-0.39, 0.29) is 5.89 Å². The van der Waals surface area contributed by atoms with Crippen LogP contribution in [0, 0.1) is 0 Å². The van der Waals surface area contributed by atoms with Gasteiger partial charge in [0.25, 0.3) is 5.91 Å². The van der Waals surface area contributed by atoms with E-state index >= 15 is 0 Å². The second kappa shape index (κ2) is 11.4. The zero-order valence-electron chi connectivity index (χ0n) is 20.0. The number of rotatable bonds is 8. The number of amides is 2. The molecule has 2 amide bonds. The number of nitrogens with zero attached hydrogens (tertiary/aromatic N) is 5. The molecule has 0 saturated heterocycles. The SMILES string of the molecule is O=C(/C=C/c1cc(Cl)ccc1-n1cnnn1)NC(C(=O)Nc1ccc(-c2n[nH]c(=O)o2)cc1)c1ccccc1. The maximum absolute atomic E-state index is 13.3. The number of halogens is 1. The Labute approximate surface area is 225 Å². The number of carbonyl (C=O) groups excluding carboxylic acids is 2. The molecule has 0 aliphatic carbocycles. The number of aromatic nitrogens is 6. The molecule has 3 N–H and O–H groups in total. The van der Waals surface area contributed by atoms with E-state index in [1.807, 2.05) is 6.07 Å². The third-order valence-electron chi connectivity index (χ3n) is 5.52. The van der Waals surface area contributed by atoms with Crippen molar-refractivity contribution in [1.82, 2.24) is 35.7 Å². The Kier molecular flexibility index (Phi) is 7.37. The summed E-state index contributed by atoms with van der Waals surface area (Å²) in [5, 5.41) is 23.1. The first-order valence-electron chi connectivity index (χ1n) is 11.5. The summed E-state index contributed by atoms with van der Waals surface area (Å²) in [5.74, 6) is -1.51. The van der Waals surface area contributed by atoms with Gasteiger partial charge in [0, 0.05) is 27.9 Å². The van der Waals surface area contributed by atoms with Gasteiger partial charge < -0.3 is 15.1 Å². The van der Waals surface area contributed by atoms with Crippen LogP contribution in [0.25, 0.3) is 23.2 Å². The minimum absolute atomic E-state index is 0.127. The fourth-order valence-electron chi connectivity index (χ4n) is 3.70. The molecule has 0 aliphatic heterocycles. The summed E-state index contributed by atoms with van der Waals surface area (Å²) in [5.41, 5.74) is 2.81. The summed E-state index contributed by atoms with van der Waals surface area (Å²) >= 11 is 6.15. The standard InChI is InChI=1S/C26H19ClN8O4/c27-19-9-12-21(35-15-28-33-34-35)18(14-19)8-13-22(36)30-23(16-4-2-1-3-5-16)24(37)29-20-10-6-17(7-11-20)25-31-32-26(38)39-25/h1-15,23H,(H,29,37)(H,30,36)(H,32,38)/b13-8+. The molecule has 2 aromatic heterocycles. The van der Waals surface area contributed by atoms with Gasteiger partial charge in [-0.1, -0.05) is 41.9 Å². The van der Waals surface area contributed by atoms with Gasteiger partial charge in [0.15, 0.2) is 0 Å². The Hall–Kier alpha value is -5.36. The monoisotopic (exact) mass is 542 g/mol. The van der Waals surface area contributed by atoms with Gasteiger partial charge in [-0.05, 0) is 64.5 Å². The number of benzene rings is 3. The van der Waals surface area contributed by atoms with Gasteiger partial charge in [-0.15, -0.1) is 10.2 Å². The summed E-state index contributed by atoms with van der Waals surface area (Å²) in [7, 11) is 0. The van der Waals surface area contributed by atoms with E-state index in [0.29, 0.717) is 33.1 Å². The van der Waals surface area contributed by atoms with Gasteiger partial charge in [0.1, 0.15) is 12.4 Å². The fourth-order valence-corrected chi connectivity index (χ4v) is 3.89. The lowest BCUT2D eigenvalue weighted by molar-refractivity contribution is -0.123. The van der Waals surface area contributed by atoms with E-state index in [2.05, 4.69) is 36.4 Å². The lowest BCUT2D eigenvalue weighted by Gasteiger charge is -2.18. The smallest absolute Gasteiger partial charge is 0.388 e. The van der Waals surface area contributed by atoms with Crippen molar-refractivity contribution in [1.29, 1.82) is 0 Å². The molecule has 0 spiro atoms. The van der Waals surface area contributed by atoms with Crippen LogP contribution in [0.5, 0.6) is 0 Å². The molecule has 5 rings (SSSR count). The average Bonchev–Trinajstić information content (AvgIpc) is 3.64. The molecule has 2 heterocycles. The number of hydrogen-bond acceptors (Lipinski definition) is 8. The first-order valence-corrected chi connectivity index (χ1v) is 11.9. The molecule has 1 atom stereocenters. The van der Waals surface area contributed by atoms with Crippen LogP contribution in [0.4, 0.5) is 5.69 Å². The van der Waals surface area contributed by atoms with E-state index in [0.717, 1.165) is 0 Å². The zero-order chi connectivity index (χ0) is 27.2. The van der Waals surface area contributed by atoms with Crippen molar-refractivity contribution in [2.45, 2.75) is 6.04 Å². The van der Waals surface area contributed by atoms with Crippen molar-refractivity contribution >= 4 is 35.2 Å². The third-order valence-corrected chi connectivity index (χ3v) is 5.75. The van der Waals surface area contributed by atoms with Crippen LogP contribution < -0.4 is 16.4 Å². The first kappa shape index (κ1) is 25.3. The number of H-pyrrole nitrogens is 1. The van der Waals surface area contributed by atoms with Gasteiger partial charge in [-0.2, -0.15) is 4.68 Å². The molecule has 39 heavy (non-hydrogen) atoms. The summed E-state index contributed by atoms with van der Waals surface area (Å²) < 4.78 is 6.38. The Morgan fingerprint density at radius 3 is 2.54 bits per heavy atom. The van der Waals surface area contributed by atoms with Crippen molar-refractivity contribution in [2.24, 2.45) is 0 Å². The van der Waals surface area contributed by atoms with Crippen molar-refractivity contribution < 1.29 is 14.0 Å². The van der Waals surface area contributed by atoms with Gasteiger partial charge in [0.2, 0.25) is 11.8 Å². The minimum Gasteiger partial charge on any atom is -0.388 e. The normalized spacial score (nSPS) is 11.8. The van der Waals surface area contributed by atoms with Crippen molar-refractivity contribution in [3.05, 3.63) is 112 Å². The van der Waals surface area contributed by atoms with E-state index in [4.69, 9.17) is 16.0 Å². The van der Waals surface area contributed by atoms with Gasteiger partial charge >= 0.3 is 5.76 Å². The van der Waals surface area contributed by atoms with Crippen LogP contribution >= 0.6 is 11.6 Å². The number of anilines is 1. The Morgan fingerprint density at radius 1 is 1.05 bits per heavy atom. The molecule has 0 aliphatic rings. The van der Waals surface area contributed by atoms with Gasteiger partial charge in [-0.3, -0.25) is 9.59 Å². The van der Waals surface area contributed by atoms with E-state index in [1.54, 1.807) is 72.8 Å². The summed E-state index contributed by atoms with van der Waals surface area (Å²) in [6, 6.07) is 19.5. The molecular formula is C26H19ClN8O4. The molecule has 0 fully saturated rings. The van der Waals surface area contributed by atoms with E-state index < -0.39 is 23.6 Å². The first-order chi connectivity index (χ1) is 19.0. The lowest BCUT2D eigenvalue weighted by atomic mass is 10.1. The van der Waals surface area contributed by atoms with E-state index in [9.17, 15) is 14.4 Å². The van der Waals surface area contributed by atoms with E-state index in [1.165, 1.54) is 17.1 Å². The molecule has 1 unspecified atom stereocenters.